The van der Waals surface area contributed by atoms with E-state index < -0.39 is 0 Å². The minimum Gasteiger partial charge on any atom is -0.316 e. The highest BCUT2D eigenvalue weighted by Crippen LogP contribution is 2.20. The second kappa shape index (κ2) is 8.92. The maximum absolute atomic E-state index is 3.55. The van der Waals surface area contributed by atoms with Gasteiger partial charge in [0.2, 0.25) is 0 Å². The average molecular weight is 254 g/mol. The number of nitrogens with one attached hydrogen (secondary N) is 1. The van der Waals surface area contributed by atoms with E-state index in [1.807, 2.05) is 0 Å². The van der Waals surface area contributed by atoms with Crippen LogP contribution in [0.1, 0.15) is 59.8 Å². The molecule has 0 bridgehead atoms. The van der Waals surface area contributed by atoms with E-state index in [1.54, 1.807) is 0 Å². The van der Waals surface area contributed by atoms with Crippen LogP contribution in [0.2, 0.25) is 0 Å². The SMILES string of the molecule is CCC(C)CC(CC)N(CC)CC1CCCNC1. The van der Waals surface area contributed by atoms with Gasteiger partial charge in [0, 0.05) is 12.6 Å². The van der Waals surface area contributed by atoms with E-state index in [-0.39, 0.29) is 0 Å². The molecule has 0 aromatic carbocycles. The molecule has 1 N–H and O–H groups in total. The summed E-state index contributed by atoms with van der Waals surface area (Å²) in [6, 6.07) is 0.798. The van der Waals surface area contributed by atoms with Crippen LogP contribution < -0.4 is 5.32 Å². The molecule has 1 aliphatic rings. The molecule has 0 aliphatic carbocycles. The summed E-state index contributed by atoms with van der Waals surface area (Å²) in [4.78, 5) is 2.74. The molecular formula is C16H34N2. The Hall–Kier alpha value is -0.0800. The zero-order chi connectivity index (χ0) is 13.4. The first kappa shape index (κ1) is 16.0. The first-order valence-electron chi connectivity index (χ1n) is 8.15. The third kappa shape index (κ3) is 5.27. The van der Waals surface area contributed by atoms with Crippen molar-refractivity contribution in [1.82, 2.24) is 10.2 Å². The number of nitrogens with zero attached hydrogens (tertiary/aromatic N) is 1. The first-order chi connectivity index (χ1) is 8.71. The van der Waals surface area contributed by atoms with Crippen molar-refractivity contribution in [3.63, 3.8) is 0 Å². The van der Waals surface area contributed by atoms with E-state index in [1.165, 1.54) is 58.3 Å². The molecule has 1 fully saturated rings. The van der Waals surface area contributed by atoms with Crippen molar-refractivity contribution in [2.75, 3.05) is 26.2 Å². The lowest BCUT2D eigenvalue weighted by atomic mass is 9.94. The van der Waals surface area contributed by atoms with Gasteiger partial charge in [-0.2, -0.15) is 0 Å². The van der Waals surface area contributed by atoms with Gasteiger partial charge in [-0.25, -0.2) is 0 Å². The Morgan fingerprint density at radius 1 is 1.22 bits per heavy atom. The second-order valence-electron chi connectivity index (χ2n) is 6.11. The zero-order valence-electron chi connectivity index (χ0n) is 13.0. The molecule has 0 aromatic heterocycles. The Morgan fingerprint density at radius 3 is 2.50 bits per heavy atom. The highest BCUT2D eigenvalue weighted by atomic mass is 15.2. The van der Waals surface area contributed by atoms with Gasteiger partial charge in [0.25, 0.3) is 0 Å². The monoisotopic (exact) mass is 254 g/mol. The van der Waals surface area contributed by atoms with Gasteiger partial charge in [-0.05, 0) is 57.2 Å². The summed E-state index contributed by atoms with van der Waals surface area (Å²) < 4.78 is 0. The Kier molecular flexibility index (Phi) is 7.92. The number of piperidine rings is 1. The molecule has 0 saturated carbocycles. The highest BCUT2D eigenvalue weighted by molar-refractivity contribution is 4.78. The summed E-state index contributed by atoms with van der Waals surface area (Å²) in [6.07, 6.45) is 6.78. The van der Waals surface area contributed by atoms with Crippen molar-refractivity contribution in [3.05, 3.63) is 0 Å². The Balaban J connectivity index is 2.44. The standard InChI is InChI=1S/C16H34N2/c1-5-14(4)11-16(6-2)18(7-3)13-15-9-8-10-17-12-15/h14-17H,5-13H2,1-4H3. The van der Waals surface area contributed by atoms with Crippen LogP contribution in [0.25, 0.3) is 0 Å². The molecule has 2 nitrogen and oxygen atoms in total. The summed E-state index contributed by atoms with van der Waals surface area (Å²) in [5.74, 6) is 1.75. The molecule has 0 radical (unpaired) electrons. The zero-order valence-corrected chi connectivity index (χ0v) is 13.0. The van der Waals surface area contributed by atoms with Gasteiger partial charge in [0.05, 0.1) is 0 Å². The number of hydrogen-bond donors (Lipinski definition) is 1. The largest absolute Gasteiger partial charge is 0.316 e. The maximum Gasteiger partial charge on any atom is 0.00951 e. The molecule has 0 amide bonds. The molecule has 0 spiro atoms. The molecule has 3 atom stereocenters. The minimum atomic E-state index is 0.798. The van der Waals surface area contributed by atoms with Crippen molar-refractivity contribution in [1.29, 1.82) is 0 Å². The molecule has 1 heterocycles. The average Bonchev–Trinajstić information content (AvgIpc) is 2.43. The van der Waals surface area contributed by atoms with E-state index in [0.717, 1.165) is 17.9 Å². The van der Waals surface area contributed by atoms with Crippen LogP contribution >= 0.6 is 0 Å². The van der Waals surface area contributed by atoms with E-state index in [4.69, 9.17) is 0 Å². The van der Waals surface area contributed by atoms with Crippen molar-refractivity contribution < 1.29 is 0 Å². The Labute approximate surface area is 115 Å². The van der Waals surface area contributed by atoms with E-state index in [2.05, 4.69) is 37.9 Å². The summed E-state index contributed by atoms with van der Waals surface area (Å²) in [6.45, 7) is 14.4. The summed E-state index contributed by atoms with van der Waals surface area (Å²) in [5, 5.41) is 3.55. The molecule has 2 heteroatoms. The number of rotatable bonds is 8. The molecule has 18 heavy (non-hydrogen) atoms. The van der Waals surface area contributed by atoms with Crippen molar-refractivity contribution >= 4 is 0 Å². The van der Waals surface area contributed by atoms with Crippen LogP contribution in [-0.4, -0.2) is 37.1 Å². The van der Waals surface area contributed by atoms with Gasteiger partial charge in [-0.3, -0.25) is 0 Å². The van der Waals surface area contributed by atoms with E-state index in [9.17, 15) is 0 Å². The van der Waals surface area contributed by atoms with Crippen LogP contribution in [0.4, 0.5) is 0 Å². The number of hydrogen-bond acceptors (Lipinski definition) is 2. The predicted octanol–water partition coefficient (Wildman–Crippen LogP) is 3.52. The van der Waals surface area contributed by atoms with Gasteiger partial charge in [-0.1, -0.05) is 34.1 Å². The lowest BCUT2D eigenvalue weighted by Gasteiger charge is -2.36. The van der Waals surface area contributed by atoms with Gasteiger partial charge in [0.15, 0.2) is 0 Å². The summed E-state index contributed by atoms with van der Waals surface area (Å²) in [5.41, 5.74) is 0. The smallest absolute Gasteiger partial charge is 0.00951 e. The van der Waals surface area contributed by atoms with Gasteiger partial charge < -0.3 is 10.2 Å². The van der Waals surface area contributed by atoms with Gasteiger partial charge >= 0.3 is 0 Å². The minimum absolute atomic E-state index is 0.798. The maximum atomic E-state index is 3.55. The second-order valence-corrected chi connectivity index (χ2v) is 6.11. The summed E-state index contributed by atoms with van der Waals surface area (Å²) in [7, 11) is 0. The van der Waals surface area contributed by atoms with Gasteiger partial charge in [0.1, 0.15) is 0 Å². The molecule has 1 rings (SSSR count). The van der Waals surface area contributed by atoms with Crippen molar-refractivity contribution in [2.45, 2.75) is 65.8 Å². The van der Waals surface area contributed by atoms with Crippen molar-refractivity contribution in [2.24, 2.45) is 11.8 Å². The van der Waals surface area contributed by atoms with Crippen LogP contribution in [0.3, 0.4) is 0 Å². The van der Waals surface area contributed by atoms with Crippen LogP contribution in [0.15, 0.2) is 0 Å². The fraction of sp³-hybridized carbons (Fsp3) is 1.00. The quantitative estimate of drug-likeness (QED) is 0.713. The molecule has 0 aromatic rings. The predicted molar refractivity (Wildman–Crippen MR) is 81.0 cm³/mol. The third-order valence-corrected chi connectivity index (χ3v) is 4.66. The lowest BCUT2D eigenvalue weighted by Crippen LogP contribution is -2.43. The topological polar surface area (TPSA) is 15.3 Å². The molecule has 108 valence electrons. The fourth-order valence-electron chi connectivity index (χ4n) is 3.15. The third-order valence-electron chi connectivity index (χ3n) is 4.66. The highest BCUT2D eigenvalue weighted by Gasteiger charge is 2.22. The Morgan fingerprint density at radius 2 is 2.00 bits per heavy atom. The first-order valence-corrected chi connectivity index (χ1v) is 8.15. The molecular weight excluding hydrogens is 220 g/mol. The summed E-state index contributed by atoms with van der Waals surface area (Å²) >= 11 is 0. The van der Waals surface area contributed by atoms with Crippen molar-refractivity contribution in [3.8, 4) is 0 Å². The van der Waals surface area contributed by atoms with Crippen LogP contribution in [0.5, 0.6) is 0 Å². The normalized spacial score (nSPS) is 24.2. The molecule has 1 saturated heterocycles. The molecule has 1 aliphatic heterocycles. The molecule has 3 unspecified atom stereocenters. The lowest BCUT2D eigenvalue weighted by molar-refractivity contribution is 0.137. The fourth-order valence-corrected chi connectivity index (χ4v) is 3.15. The van der Waals surface area contributed by atoms with Crippen LogP contribution in [0, 0.1) is 11.8 Å². The van der Waals surface area contributed by atoms with E-state index >= 15 is 0 Å². The van der Waals surface area contributed by atoms with Gasteiger partial charge in [-0.15, -0.1) is 0 Å². The Bertz CT molecular complexity index is 199. The van der Waals surface area contributed by atoms with E-state index in [0.29, 0.717) is 0 Å². The van der Waals surface area contributed by atoms with Crippen LogP contribution in [-0.2, 0) is 0 Å².